The minimum atomic E-state index is -0.911. The van der Waals surface area contributed by atoms with Crippen LogP contribution in [0, 0.1) is 11.8 Å². The highest BCUT2D eigenvalue weighted by atomic mass is 16.8. The fraction of sp³-hybridized carbons (Fsp3) is 0.458. The highest BCUT2D eigenvalue weighted by Crippen LogP contribution is 2.47. The highest BCUT2D eigenvalue weighted by Gasteiger charge is 2.56. The van der Waals surface area contributed by atoms with Crippen molar-refractivity contribution in [2.75, 3.05) is 11.9 Å². The van der Waals surface area contributed by atoms with Crippen LogP contribution in [-0.4, -0.2) is 61.5 Å². The van der Waals surface area contributed by atoms with E-state index in [1.165, 1.54) is 6.33 Å². The van der Waals surface area contributed by atoms with Gasteiger partial charge < -0.3 is 24.6 Å². The molecule has 0 radical (unpaired) electrons. The molecule has 2 aliphatic rings. The Hall–Kier alpha value is -3.61. The van der Waals surface area contributed by atoms with Gasteiger partial charge in [0.1, 0.15) is 18.5 Å². The molecule has 3 aromatic rings. The summed E-state index contributed by atoms with van der Waals surface area (Å²) in [7, 11) is 0. The van der Waals surface area contributed by atoms with E-state index in [-0.39, 0.29) is 11.7 Å². The van der Waals surface area contributed by atoms with Gasteiger partial charge in [-0.25, -0.2) is 19.7 Å². The Kier molecular flexibility index (Phi) is 6.56. The number of anilines is 1. The van der Waals surface area contributed by atoms with Crippen LogP contribution in [0.15, 0.2) is 43.0 Å². The Morgan fingerprint density at radius 1 is 1.08 bits per heavy atom. The molecule has 7 atom stereocenters. The zero-order chi connectivity index (χ0) is 25.4. The molecule has 3 N–H and O–H groups in total. The van der Waals surface area contributed by atoms with Crippen LogP contribution in [0.4, 0.5) is 10.6 Å². The summed E-state index contributed by atoms with van der Waals surface area (Å²) < 4.78 is 20.8. The van der Waals surface area contributed by atoms with Crippen LogP contribution in [0.1, 0.15) is 38.9 Å². The first-order valence-electron chi connectivity index (χ1n) is 11.9. The first-order valence-corrected chi connectivity index (χ1v) is 11.9. The zero-order valence-electron chi connectivity index (χ0n) is 20.1. The molecule has 36 heavy (non-hydrogen) atoms. The largest absolute Gasteiger partial charge is 0.481 e. The molecular weight excluding hydrogens is 468 g/mol. The third-order valence-corrected chi connectivity index (χ3v) is 6.76. The minimum absolute atomic E-state index is 0.259. The second kappa shape index (κ2) is 9.80. The number of amides is 2. The summed E-state index contributed by atoms with van der Waals surface area (Å²) in [5.41, 5.74) is 1.68. The van der Waals surface area contributed by atoms with Crippen LogP contribution < -0.4 is 10.6 Å². The average molecular weight is 497 g/mol. The average Bonchev–Trinajstić information content (AvgIpc) is 3.58. The van der Waals surface area contributed by atoms with E-state index in [1.54, 1.807) is 17.8 Å². The van der Waals surface area contributed by atoms with Gasteiger partial charge in [0.05, 0.1) is 18.3 Å². The molecule has 12 heteroatoms. The number of nitrogens with zero attached hydrogens (tertiary/aromatic N) is 4. The smallest absolute Gasteiger partial charge is 0.320 e. The summed E-state index contributed by atoms with van der Waals surface area (Å²) in [4.78, 5) is 36.7. The maximum absolute atomic E-state index is 12.1. The summed E-state index contributed by atoms with van der Waals surface area (Å²) in [6, 6.07) is 9.14. The highest BCUT2D eigenvalue weighted by molar-refractivity contribution is 5.95. The molecule has 2 aliphatic heterocycles. The molecule has 2 fully saturated rings. The molecule has 12 nitrogen and oxygen atoms in total. The minimum Gasteiger partial charge on any atom is -0.481 e. The van der Waals surface area contributed by atoms with Gasteiger partial charge in [-0.3, -0.25) is 14.7 Å². The molecule has 1 aromatic carbocycles. The number of rotatable bonds is 7. The van der Waals surface area contributed by atoms with Gasteiger partial charge in [-0.1, -0.05) is 44.2 Å². The molecule has 2 saturated heterocycles. The number of nitrogens with one attached hydrogen (secondary N) is 2. The number of aromatic nitrogens is 4. The molecule has 5 rings (SSSR count). The molecule has 6 unspecified atom stereocenters. The molecule has 0 spiro atoms. The Balaban J connectivity index is 1.49. The number of fused-ring (bicyclic) bond motifs is 2. The lowest BCUT2D eigenvalue weighted by molar-refractivity contribution is -0.164. The van der Waals surface area contributed by atoms with Crippen molar-refractivity contribution in [3.63, 3.8) is 0 Å². The number of aliphatic carboxylic acids is 1. The number of hydrogen-bond acceptors (Lipinski definition) is 8. The van der Waals surface area contributed by atoms with Crippen LogP contribution in [0.2, 0.25) is 0 Å². The van der Waals surface area contributed by atoms with Crippen LogP contribution >= 0.6 is 0 Å². The van der Waals surface area contributed by atoms with E-state index < -0.39 is 48.7 Å². The van der Waals surface area contributed by atoms with Crippen LogP contribution in [0.25, 0.3) is 11.2 Å². The fourth-order valence-corrected chi connectivity index (χ4v) is 4.65. The van der Waals surface area contributed by atoms with Gasteiger partial charge >= 0.3 is 12.0 Å². The molecule has 0 aliphatic carbocycles. The molecular formula is C24H28N6O6. The lowest BCUT2D eigenvalue weighted by Gasteiger charge is -2.27. The predicted octanol–water partition coefficient (Wildman–Crippen LogP) is 2.70. The number of ether oxygens (including phenoxy) is 3. The van der Waals surface area contributed by atoms with E-state index in [1.807, 2.05) is 44.2 Å². The van der Waals surface area contributed by atoms with Crippen molar-refractivity contribution in [3.8, 4) is 0 Å². The molecule has 190 valence electrons. The van der Waals surface area contributed by atoms with E-state index in [0.29, 0.717) is 17.7 Å². The van der Waals surface area contributed by atoms with Gasteiger partial charge in [-0.05, 0) is 12.8 Å². The number of carbonyl (C=O) groups excluding carboxylic acids is 1. The first-order chi connectivity index (χ1) is 17.4. The molecule has 2 amide bonds. The third-order valence-electron chi connectivity index (χ3n) is 6.76. The van der Waals surface area contributed by atoms with E-state index >= 15 is 0 Å². The Morgan fingerprint density at radius 2 is 1.83 bits per heavy atom. The normalized spacial score (nSPS) is 26.9. The van der Waals surface area contributed by atoms with Crippen LogP contribution in [-0.2, 0) is 19.0 Å². The van der Waals surface area contributed by atoms with Gasteiger partial charge in [0.2, 0.25) is 0 Å². The standard InChI is InChI=1S/C24H28N6O6/c1-4-25-24(33)29-19-15-20(27-10-26-19)30(11-28-15)21-18-17(16(34-21)12(2)13(3)22(31)32)35-23(36-18)14-8-6-5-7-9-14/h5-13,16-18,21,23H,4H2,1-3H3,(H,31,32)(H2,25,26,27,29,33)/t12?,13?,16?,17?,18?,21?,23-/m0/s1. The van der Waals surface area contributed by atoms with Crippen molar-refractivity contribution in [2.24, 2.45) is 11.8 Å². The van der Waals surface area contributed by atoms with Gasteiger partial charge in [-0.2, -0.15) is 0 Å². The first kappa shape index (κ1) is 24.1. The number of hydrogen-bond donors (Lipinski definition) is 3. The number of imidazole rings is 1. The van der Waals surface area contributed by atoms with Gasteiger partial charge in [0.25, 0.3) is 0 Å². The van der Waals surface area contributed by atoms with Crippen LogP contribution in [0.5, 0.6) is 0 Å². The zero-order valence-corrected chi connectivity index (χ0v) is 20.1. The lowest BCUT2D eigenvalue weighted by atomic mass is 9.87. The van der Waals surface area contributed by atoms with Crippen molar-refractivity contribution in [2.45, 2.75) is 51.6 Å². The number of benzene rings is 1. The maximum Gasteiger partial charge on any atom is 0.320 e. The Bertz CT molecular complexity index is 1250. The Labute approximate surface area is 207 Å². The number of urea groups is 1. The molecule has 0 bridgehead atoms. The van der Waals surface area contributed by atoms with Crippen molar-refractivity contribution >= 4 is 29.0 Å². The lowest BCUT2D eigenvalue weighted by Crippen LogP contribution is -2.37. The SMILES string of the molecule is CCNC(=O)Nc1ncnc2c1ncn2C1OC(C(C)C(C)C(=O)O)C2O[C@H](c3ccccc3)OC21. The summed E-state index contributed by atoms with van der Waals surface area (Å²) in [5.74, 6) is -1.68. The quantitative estimate of drug-likeness (QED) is 0.449. The van der Waals surface area contributed by atoms with E-state index in [0.717, 1.165) is 5.56 Å². The monoisotopic (exact) mass is 496 g/mol. The van der Waals surface area contributed by atoms with E-state index in [4.69, 9.17) is 14.2 Å². The molecule has 0 saturated carbocycles. The third kappa shape index (κ3) is 4.27. The number of carboxylic acid groups (broad SMARTS) is 1. The van der Waals surface area contributed by atoms with Gasteiger partial charge in [0, 0.05) is 12.1 Å². The van der Waals surface area contributed by atoms with Crippen molar-refractivity contribution < 1.29 is 28.9 Å². The summed E-state index contributed by atoms with van der Waals surface area (Å²) in [6.45, 7) is 5.77. The van der Waals surface area contributed by atoms with Crippen LogP contribution in [0.3, 0.4) is 0 Å². The van der Waals surface area contributed by atoms with Crippen molar-refractivity contribution in [1.29, 1.82) is 0 Å². The van der Waals surface area contributed by atoms with Gasteiger partial charge in [0.15, 0.2) is 29.5 Å². The second-order valence-electron chi connectivity index (χ2n) is 8.95. The fourth-order valence-electron chi connectivity index (χ4n) is 4.65. The van der Waals surface area contributed by atoms with Crippen molar-refractivity contribution in [3.05, 3.63) is 48.5 Å². The number of carboxylic acids is 1. The molecule has 4 heterocycles. The maximum atomic E-state index is 12.1. The Morgan fingerprint density at radius 3 is 2.56 bits per heavy atom. The summed E-state index contributed by atoms with van der Waals surface area (Å²) in [6.07, 6.45) is -0.0280. The van der Waals surface area contributed by atoms with E-state index in [9.17, 15) is 14.7 Å². The predicted molar refractivity (Wildman–Crippen MR) is 127 cm³/mol. The summed E-state index contributed by atoms with van der Waals surface area (Å²) >= 11 is 0. The van der Waals surface area contributed by atoms with Crippen molar-refractivity contribution in [1.82, 2.24) is 24.8 Å². The molecule has 2 aromatic heterocycles. The summed E-state index contributed by atoms with van der Waals surface area (Å²) in [5, 5.41) is 15.0. The number of carbonyl (C=O) groups is 2. The van der Waals surface area contributed by atoms with E-state index in [2.05, 4.69) is 25.6 Å². The topological polar surface area (TPSA) is 150 Å². The van der Waals surface area contributed by atoms with Gasteiger partial charge in [-0.15, -0.1) is 0 Å². The second-order valence-corrected chi connectivity index (χ2v) is 8.95.